The highest BCUT2D eigenvalue weighted by Gasteiger charge is 2.23. The predicted octanol–water partition coefficient (Wildman–Crippen LogP) is 3.60. The molecular formula is C18H31Cl2N3O. The van der Waals surface area contributed by atoms with Gasteiger partial charge in [0.1, 0.15) is 5.75 Å². The van der Waals surface area contributed by atoms with Crippen LogP contribution in [0.2, 0.25) is 0 Å². The van der Waals surface area contributed by atoms with E-state index >= 15 is 0 Å². The van der Waals surface area contributed by atoms with Crippen molar-refractivity contribution >= 4 is 30.5 Å². The summed E-state index contributed by atoms with van der Waals surface area (Å²) in [7, 11) is 0. The molecule has 0 spiro atoms. The number of halogens is 2. The number of anilines is 1. The van der Waals surface area contributed by atoms with E-state index in [2.05, 4.69) is 47.7 Å². The van der Waals surface area contributed by atoms with Gasteiger partial charge in [-0.3, -0.25) is 4.90 Å². The van der Waals surface area contributed by atoms with Crippen molar-refractivity contribution in [3.8, 4) is 5.75 Å². The highest BCUT2D eigenvalue weighted by Crippen LogP contribution is 2.34. The Labute approximate surface area is 158 Å². The van der Waals surface area contributed by atoms with E-state index in [0.717, 1.165) is 56.9 Å². The van der Waals surface area contributed by atoms with E-state index in [0.29, 0.717) is 5.75 Å². The lowest BCUT2D eigenvalue weighted by Gasteiger charge is -2.35. The molecule has 24 heavy (non-hydrogen) atoms. The highest BCUT2D eigenvalue weighted by molar-refractivity contribution is 5.85. The largest absolute Gasteiger partial charge is 0.508 e. The molecule has 0 bridgehead atoms. The first kappa shape index (κ1) is 23.1. The van der Waals surface area contributed by atoms with Crippen LogP contribution in [0.15, 0.2) is 30.9 Å². The number of phenols is 1. The van der Waals surface area contributed by atoms with Crippen LogP contribution in [0.3, 0.4) is 0 Å². The van der Waals surface area contributed by atoms with Crippen molar-refractivity contribution in [2.45, 2.75) is 26.3 Å². The van der Waals surface area contributed by atoms with Crippen molar-refractivity contribution in [3.63, 3.8) is 0 Å². The van der Waals surface area contributed by atoms with Crippen LogP contribution in [0.1, 0.15) is 31.9 Å². The molecule has 1 aromatic carbocycles. The van der Waals surface area contributed by atoms with Crippen molar-refractivity contribution in [3.05, 3.63) is 36.4 Å². The zero-order valence-corrected chi connectivity index (χ0v) is 16.3. The fourth-order valence-corrected chi connectivity index (χ4v) is 3.22. The molecule has 0 aliphatic carbocycles. The van der Waals surface area contributed by atoms with Crippen molar-refractivity contribution in [1.82, 2.24) is 10.2 Å². The fourth-order valence-electron chi connectivity index (χ4n) is 3.22. The Hall–Kier alpha value is -0.940. The van der Waals surface area contributed by atoms with Gasteiger partial charge in [-0.1, -0.05) is 12.1 Å². The molecule has 1 aromatic rings. The Morgan fingerprint density at radius 1 is 1.25 bits per heavy atom. The number of aromatic hydroxyl groups is 1. The second kappa shape index (κ2) is 11.6. The maximum Gasteiger partial charge on any atom is 0.122 e. The van der Waals surface area contributed by atoms with Crippen LogP contribution in [0, 0.1) is 0 Å². The average molecular weight is 376 g/mol. The molecular weight excluding hydrogens is 345 g/mol. The van der Waals surface area contributed by atoms with Gasteiger partial charge in [-0.25, -0.2) is 0 Å². The zero-order chi connectivity index (χ0) is 15.9. The summed E-state index contributed by atoms with van der Waals surface area (Å²) in [5.74, 6) is 0.398. The molecule has 1 fully saturated rings. The molecule has 0 amide bonds. The molecule has 0 aromatic heterocycles. The first-order chi connectivity index (χ1) is 10.7. The Balaban J connectivity index is 0.00000264. The van der Waals surface area contributed by atoms with Gasteiger partial charge in [-0.05, 0) is 26.3 Å². The smallest absolute Gasteiger partial charge is 0.122 e. The van der Waals surface area contributed by atoms with E-state index in [1.165, 1.54) is 0 Å². The van der Waals surface area contributed by atoms with Gasteiger partial charge in [-0.15, -0.1) is 31.4 Å². The summed E-state index contributed by atoms with van der Waals surface area (Å²) in [4.78, 5) is 4.68. The first-order valence-corrected chi connectivity index (χ1v) is 8.34. The Kier molecular flexibility index (Phi) is 11.1. The van der Waals surface area contributed by atoms with Crippen LogP contribution >= 0.6 is 24.8 Å². The monoisotopic (exact) mass is 375 g/mol. The van der Waals surface area contributed by atoms with Crippen molar-refractivity contribution < 1.29 is 5.11 Å². The molecule has 0 radical (unpaired) electrons. The third-order valence-electron chi connectivity index (χ3n) is 4.48. The maximum atomic E-state index is 10.6. The average Bonchev–Trinajstić information content (AvgIpc) is 2.55. The molecule has 1 saturated heterocycles. The topological polar surface area (TPSA) is 38.7 Å². The number of benzene rings is 1. The fraction of sp³-hybridized carbons (Fsp3) is 0.556. The molecule has 6 heteroatoms. The van der Waals surface area contributed by atoms with Gasteiger partial charge in [0.2, 0.25) is 0 Å². The molecule has 0 saturated carbocycles. The Morgan fingerprint density at radius 2 is 1.88 bits per heavy atom. The van der Waals surface area contributed by atoms with E-state index in [-0.39, 0.29) is 30.9 Å². The summed E-state index contributed by atoms with van der Waals surface area (Å²) < 4.78 is 0. The number of hydrogen-bond donors (Lipinski definition) is 2. The number of hydrogen-bond acceptors (Lipinski definition) is 4. The highest BCUT2D eigenvalue weighted by atomic mass is 35.5. The summed E-state index contributed by atoms with van der Waals surface area (Å²) >= 11 is 0. The number of nitrogens with zero attached hydrogens (tertiary/aromatic N) is 2. The number of rotatable bonds is 7. The van der Waals surface area contributed by atoms with E-state index in [9.17, 15) is 5.11 Å². The molecule has 2 rings (SSSR count). The van der Waals surface area contributed by atoms with E-state index < -0.39 is 0 Å². The lowest BCUT2D eigenvalue weighted by molar-refractivity contribution is 0.172. The van der Waals surface area contributed by atoms with E-state index in [4.69, 9.17) is 0 Å². The minimum absolute atomic E-state index is 0. The quantitative estimate of drug-likeness (QED) is 0.714. The second-order valence-electron chi connectivity index (χ2n) is 5.74. The second-order valence-corrected chi connectivity index (χ2v) is 5.74. The number of nitrogens with one attached hydrogen (secondary N) is 1. The van der Waals surface area contributed by atoms with Crippen LogP contribution in [0.5, 0.6) is 5.75 Å². The molecule has 1 atom stereocenters. The standard InChI is InChI=1S/C18H29N3O.2ClH/c1-4-7-17(21-12-10-19-11-13-21)16-9-8-15(14-18(16)22)20(5-2)6-3;;/h4,8-9,14,17,19,22H,1,5-7,10-13H2,2-3H3;2*1H/t17-;;/m0../s1. The molecule has 1 aliphatic heterocycles. The molecule has 138 valence electrons. The molecule has 1 aliphatic rings. The minimum Gasteiger partial charge on any atom is -0.508 e. The lowest BCUT2D eigenvalue weighted by atomic mass is 9.99. The van der Waals surface area contributed by atoms with Gasteiger partial charge < -0.3 is 15.3 Å². The van der Waals surface area contributed by atoms with Crippen LogP contribution in [0.25, 0.3) is 0 Å². The van der Waals surface area contributed by atoms with Gasteiger partial charge in [0.15, 0.2) is 0 Å². The molecule has 4 nitrogen and oxygen atoms in total. The van der Waals surface area contributed by atoms with Gasteiger partial charge in [0.25, 0.3) is 0 Å². The molecule has 0 unspecified atom stereocenters. The Morgan fingerprint density at radius 3 is 2.38 bits per heavy atom. The Bertz CT molecular complexity index is 489. The van der Waals surface area contributed by atoms with Crippen molar-refractivity contribution in [2.24, 2.45) is 0 Å². The lowest BCUT2D eigenvalue weighted by Crippen LogP contribution is -2.45. The molecule has 1 heterocycles. The van der Waals surface area contributed by atoms with Crippen LogP contribution in [-0.4, -0.2) is 49.3 Å². The SMILES string of the molecule is C=CC[C@@H](c1ccc(N(CC)CC)cc1O)N1CCNCC1.Cl.Cl. The summed E-state index contributed by atoms with van der Waals surface area (Å²) in [6, 6.07) is 6.32. The summed E-state index contributed by atoms with van der Waals surface area (Å²) in [5, 5.41) is 13.9. The molecule has 2 N–H and O–H groups in total. The third kappa shape index (κ3) is 5.55. The minimum atomic E-state index is 0. The summed E-state index contributed by atoms with van der Waals surface area (Å²) in [5.41, 5.74) is 2.10. The van der Waals surface area contributed by atoms with Crippen molar-refractivity contribution in [1.29, 1.82) is 0 Å². The zero-order valence-electron chi connectivity index (χ0n) is 14.7. The van der Waals surface area contributed by atoms with Crippen LogP contribution in [0.4, 0.5) is 5.69 Å². The van der Waals surface area contributed by atoms with Crippen LogP contribution in [-0.2, 0) is 0 Å². The predicted molar refractivity (Wildman–Crippen MR) is 108 cm³/mol. The van der Waals surface area contributed by atoms with Crippen molar-refractivity contribution in [2.75, 3.05) is 44.2 Å². The van der Waals surface area contributed by atoms with Crippen LogP contribution < -0.4 is 10.2 Å². The van der Waals surface area contributed by atoms with E-state index in [1.807, 2.05) is 12.1 Å². The summed E-state index contributed by atoms with van der Waals surface area (Å²) in [6.45, 7) is 14.1. The maximum absolute atomic E-state index is 10.6. The number of piperazine rings is 1. The first-order valence-electron chi connectivity index (χ1n) is 8.34. The normalized spacial score (nSPS) is 15.8. The van der Waals surface area contributed by atoms with E-state index in [1.54, 1.807) is 0 Å². The van der Waals surface area contributed by atoms with Gasteiger partial charge in [-0.2, -0.15) is 0 Å². The van der Waals surface area contributed by atoms with Gasteiger partial charge in [0, 0.05) is 62.6 Å². The number of phenolic OH excluding ortho intramolecular Hbond substituents is 1. The van der Waals surface area contributed by atoms with Gasteiger partial charge in [0.05, 0.1) is 0 Å². The summed E-state index contributed by atoms with van der Waals surface area (Å²) in [6.07, 6.45) is 2.81. The van der Waals surface area contributed by atoms with Gasteiger partial charge >= 0.3 is 0 Å². The third-order valence-corrected chi connectivity index (χ3v) is 4.48.